The fraction of sp³-hybridized carbons (Fsp3) is 0.545. The standard InChI is InChI=1S/C22H27N2O3S2.Y/c25-15-22(10-2-11-22)20(27)16-5-7-18(8-6-16)24-17(3-1-4-19(24)26)9-13-28-21-23-12-14-29-21;/h5-8,12,17,20,25,27H,1-4,9-11,13,15H2;/q-1;. The van der Waals surface area contributed by atoms with E-state index < -0.39 is 11.5 Å². The summed E-state index contributed by atoms with van der Waals surface area (Å²) >= 11 is 3.25. The summed E-state index contributed by atoms with van der Waals surface area (Å²) in [5.74, 6) is 1.10. The van der Waals surface area contributed by atoms with Crippen LogP contribution in [-0.4, -0.2) is 39.5 Å². The number of nitrogens with zero attached hydrogens (tertiary/aromatic N) is 2. The first kappa shape index (κ1) is 24.3. The van der Waals surface area contributed by atoms with Crippen LogP contribution in [0.2, 0.25) is 0 Å². The molecule has 1 saturated carbocycles. The number of anilines is 1. The predicted octanol–water partition coefficient (Wildman–Crippen LogP) is 4.20. The summed E-state index contributed by atoms with van der Waals surface area (Å²) in [6.45, 7) is 0.0110. The zero-order valence-corrected chi connectivity index (χ0v) is 21.5. The van der Waals surface area contributed by atoms with E-state index in [0.29, 0.717) is 6.42 Å². The Hall–Kier alpha value is -0.306. The monoisotopic (exact) mass is 520 g/mol. The van der Waals surface area contributed by atoms with Gasteiger partial charge in [0.25, 0.3) is 0 Å². The van der Waals surface area contributed by atoms with Gasteiger partial charge in [0.05, 0.1) is 12.7 Å². The molecular formula is C22H27N2O3S2Y-. The quantitative estimate of drug-likeness (QED) is 0.403. The Kier molecular flexibility index (Phi) is 8.94. The Morgan fingerprint density at radius 1 is 1.30 bits per heavy atom. The second-order valence-electron chi connectivity index (χ2n) is 8.06. The van der Waals surface area contributed by atoms with Gasteiger partial charge in [-0.05, 0) is 59.9 Å². The summed E-state index contributed by atoms with van der Waals surface area (Å²) in [4.78, 5) is 18.9. The zero-order valence-electron chi connectivity index (χ0n) is 17.0. The van der Waals surface area contributed by atoms with Crippen LogP contribution < -0.4 is 4.90 Å². The molecule has 2 unspecified atom stereocenters. The summed E-state index contributed by atoms with van der Waals surface area (Å²) < 4.78 is 1.02. The van der Waals surface area contributed by atoms with Crippen molar-refractivity contribution < 1.29 is 47.7 Å². The Bertz CT molecular complexity index is 807. The Morgan fingerprint density at radius 2 is 2.07 bits per heavy atom. The molecule has 8 heteroatoms. The minimum atomic E-state index is -0.658. The zero-order chi connectivity index (χ0) is 20.3. The average Bonchev–Trinajstić information content (AvgIpc) is 3.21. The maximum absolute atomic E-state index is 12.7. The van der Waals surface area contributed by atoms with Crippen LogP contribution in [0, 0.1) is 10.8 Å². The minimum absolute atomic E-state index is 0. The van der Waals surface area contributed by atoms with Gasteiger partial charge in [0, 0.05) is 56.3 Å². The molecule has 1 aliphatic carbocycles. The molecular weight excluding hydrogens is 493 g/mol. The van der Waals surface area contributed by atoms with E-state index in [4.69, 9.17) is 0 Å². The summed E-state index contributed by atoms with van der Waals surface area (Å²) in [6.07, 6.45) is 7.26. The van der Waals surface area contributed by atoms with E-state index in [9.17, 15) is 15.0 Å². The molecule has 4 rings (SSSR count). The number of amides is 1. The fourth-order valence-corrected chi connectivity index (χ4v) is 6.05. The SMILES string of the molecule is O=C1CCCC(CCSc2nc[c-]s2)N1c1ccc(C(O)C2(CO)CCC2)cc1.[Y]. The smallest absolute Gasteiger partial charge is 0.227 e. The third-order valence-electron chi connectivity index (χ3n) is 6.34. The van der Waals surface area contributed by atoms with Crippen LogP contribution in [0.1, 0.15) is 56.6 Å². The maximum atomic E-state index is 12.7. The molecule has 1 radical (unpaired) electrons. The molecule has 1 amide bonds. The predicted molar refractivity (Wildman–Crippen MR) is 116 cm³/mol. The van der Waals surface area contributed by atoms with E-state index in [1.165, 1.54) is 11.3 Å². The molecule has 1 saturated heterocycles. The van der Waals surface area contributed by atoms with Gasteiger partial charge < -0.3 is 31.4 Å². The van der Waals surface area contributed by atoms with Gasteiger partial charge in [0.15, 0.2) is 0 Å². The van der Waals surface area contributed by atoms with Crippen molar-refractivity contribution in [2.45, 2.75) is 61.4 Å². The molecule has 2 N–H and O–H groups in total. The summed E-state index contributed by atoms with van der Waals surface area (Å²) in [5, 5.41) is 23.5. The van der Waals surface area contributed by atoms with Crippen LogP contribution in [0.3, 0.4) is 0 Å². The largest absolute Gasteiger partial charge is 0.396 e. The molecule has 2 atom stereocenters. The third kappa shape index (κ3) is 5.18. The summed E-state index contributed by atoms with van der Waals surface area (Å²) in [6, 6.07) is 7.91. The first-order chi connectivity index (χ1) is 14.1. The number of carbonyl (C=O) groups is 1. The van der Waals surface area contributed by atoms with Crippen molar-refractivity contribution in [3.63, 3.8) is 0 Å². The number of thiazole rings is 1. The van der Waals surface area contributed by atoms with E-state index in [2.05, 4.69) is 10.4 Å². The van der Waals surface area contributed by atoms with Crippen LogP contribution in [0.15, 0.2) is 34.8 Å². The first-order valence-electron chi connectivity index (χ1n) is 10.3. The van der Waals surface area contributed by atoms with Gasteiger partial charge in [0.2, 0.25) is 5.91 Å². The number of thioether (sulfide) groups is 1. The molecule has 2 aromatic rings. The van der Waals surface area contributed by atoms with Crippen molar-refractivity contribution in [1.29, 1.82) is 0 Å². The minimum Gasteiger partial charge on any atom is -0.396 e. The van der Waals surface area contributed by atoms with Crippen LogP contribution in [0.25, 0.3) is 0 Å². The number of rotatable bonds is 8. The topological polar surface area (TPSA) is 73.7 Å². The molecule has 0 bridgehead atoms. The Morgan fingerprint density at radius 3 is 2.67 bits per heavy atom. The molecule has 1 aromatic carbocycles. The molecule has 2 heterocycles. The number of aliphatic hydroxyl groups excluding tert-OH is 2. The van der Waals surface area contributed by atoms with Crippen LogP contribution >= 0.6 is 23.1 Å². The van der Waals surface area contributed by atoms with Crippen LogP contribution in [0.4, 0.5) is 5.69 Å². The summed E-state index contributed by atoms with van der Waals surface area (Å²) in [7, 11) is 0. The van der Waals surface area contributed by atoms with Crippen molar-refractivity contribution in [2.24, 2.45) is 5.41 Å². The van der Waals surface area contributed by atoms with Crippen LogP contribution in [0.5, 0.6) is 0 Å². The fourth-order valence-electron chi connectivity index (χ4n) is 4.42. The van der Waals surface area contributed by atoms with Crippen molar-refractivity contribution in [1.82, 2.24) is 4.98 Å². The van der Waals surface area contributed by atoms with Crippen molar-refractivity contribution in [3.8, 4) is 0 Å². The van der Waals surface area contributed by atoms with Gasteiger partial charge in [-0.25, -0.2) is 0 Å². The van der Waals surface area contributed by atoms with Crippen molar-refractivity contribution >= 4 is 34.7 Å². The molecule has 1 aliphatic heterocycles. The number of hydrogen-bond donors (Lipinski definition) is 2. The molecule has 5 nitrogen and oxygen atoms in total. The maximum Gasteiger partial charge on any atom is 0.227 e. The number of carbonyl (C=O) groups excluding carboxylic acids is 1. The second-order valence-corrected chi connectivity index (χ2v) is 10.2. The van der Waals surface area contributed by atoms with Gasteiger partial charge in [-0.1, -0.05) is 24.8 Å². The molecule has 159 valence electrons. The van der Waals surface area contributed by atoms with Crippen molar-refractivity contribution in [2.75, 3.05) is 17.3 Å². The third-order valence-corrected chi connectivity index (χ3v) is 8.24. The number of piperidine rings is 1. The van der Waals surface area contributed by atoms with Gasteiger partial charge in [0.1, 0.15) is 0 Å². The average molecular weight is 521 g/mol. The second kappa shape index (κ2) is 11.0. The van der Waals surface area contributed by atoms with Gasteiger partial charge in [-0.2, -0.15) is 17.1 Å². The van der Waals surface area contributed by atoms with E-state index >= 15 is 0 Å². The molecule has 2 aliphatic rings. The van der Waals surface area contributed by atoms with E-state index in [1.54, 1.807) is 18.0 Å². The number of aromatic nitrogens is 1. The molecule has 30 heavy (non-hydrogen) atoms. The Labute approximate surface area is 211 Å². The molecule has 2 fully saturated rings. The first-order valence-corrected chi connectivity index (χ1v) is 12.1. The van der Waals surface area contributed by atoms with E-state index in [-0.39, 0.29) is 51.3 Å². The Balaban J connectivity index is 0.00000256. The van der Waals surface area contributed by atoms with Crippen molar-refractivity contribution in [3.05, 3.63) is 41.4 Å². The van der Waals surface area contributed by atoms with E-state index in [1.807, 2.05) is 29.2 Å². The molecule has 0 spiro atoms. The van der Waals surface area contributed by atoms with Gasteiger partial charge in [-0.15, -0.1) is 0 Å². The summed E-state index contributed by atoms with van der Waals surface area (Å²) in [5.41, 5.74) is 1.32. The number of hydrogen-bond acceptors (Lipinski definition) is 6. The van der Waals surface area contributed by atoms with Gasteiger partial charge in [-0.3, -0.25) is 4.79 Å². The number of benzene rings is 1. The van der Waals surface area contributed by atoms with Gasteiger partial charge >= 0.3 is 0 Å². The normalized spacial score (nSPS) is 21.6. The van der Waals surface area contributed by atoms with E-state index in [0.717, 1.165) is 59.9 Å². The van der Waals surface area contributed by atoms with Crippen LogP contribution in [-0.2, 0) is 37.5 Å². The number of aliphatic hydroxyl groups is 2. The molecule has 1 aromatic heterocycles.